The van der Waals surface area contributed by atoms with E-state index in [1.54, 1.807) is 0 Å². The fraction of sp³-hybridized carbons (Fsp3) is 0.800. The summed E-state index contributed by atoms with van der Waals surface area (Å²) in [6, 6.07) is 0. The largest absolute Gasteiger partial charge is 0.472 e. The average molecular weight is 782 g/mol. The fourth-order valence-corrected chi connectivity index (χ4v) is 6.70. The van der Waals surface area contributed by atoms with Gasteiger partial charge in [-0.05, 0) is 77.0 Å². The summed E-state index contributed by atoms with van der Waals surface area (Å²) in [6.45, 7) is 4.85. The highest BCUT2D eigenvalue weighted by atomic mass is 31.2. The first-order chi connectivity index (χ1) is 26.4. The highest BCUT2D eigenvalue weighted by Crippen LogP contribution is 2.43. The molecule has 0 aliphatic carbocycles. The van der Waals surface area contributed by atoms with Crippen LogP contribution in [-0.2, 0) is 27.9 Å². The van der Waals surface area contributed by atoms with Crippen molar-refractivity contribution < 1.29 is 32.8 Å². The summed E-state index contributed by atoms with van der Waals surface area (Å²) in [5, 5.41) is 0. The summed E-state index contributed by atoms with van der Waals surface area (Å²) in [5.74, 6) is -0.341. The zero-order valence-electron chi connectivity index (χ0n) is 35.0. The summed E-state index contributed by atoms with van der Waals surface area (Å²) >= 11 is 0. The van der Waals surface area contributed by atoms with E-state index in [2.05, 4.69) is 62.5 Å². The summed E-state index contributed by atoms with van der Waals surface area (Å²) < 4.78 is 33.4. The van der Waals surface area contributed by atoms with Crippen LogP contribution in [0.3, 0.4) is 0 Å². The molecular weight excluding hydrogens is 697 g/mol. The minimum absolute atomic E-state index is 0.0965. The molecule has 0 amide bonds. The van der Waals surface area contributed by atoms with Gasteiger partial charge in [-0.25, -0.2) is 4.57 Å². The lowest BCUT2D eigenvalue weighted by Crippen LogP contribution is -2.28. The molecule has 0 aromatic heterocycles. The van der Waals surface area contributed by atoms with E-state index in [-0.39, 0.29) is 32.3 Å². The quantitative estimate of drug-likeness (QED) is 0.0272. The van der Waals surface area contributed by atoms with Gasteiger partial charge >= 0.3 is 13.8 Å². The van der Waals surface area contributed by atoms with Crippen LogP contribution in [0.2, 0.25) is 0 Å². The van der Waals surface area contributed by atoms with Crippen LogP contribution < -0.4 is 5.73 Å². The third-order valence-corrected chi connectivity index (χ3v) is 10.2. The minimum atomic E-state index is -4.28. The molecule has 316 valence electrons. The molecule has 0 saturated heterocycles. The number of nitrogens with two attached hydrogens (primary N) is 1. The first-order valence-corrected chi connectivity index (χ1v) is 23.6. The van der Waals surface area contributed by atoms with Gasteiger partial charge in [-0.1, -0.05) is 159 Å². The van der Waals surface area contributed by atoms with E-state index in [1.807, 2.05) is 0 Å². The molecule has 0 aromatic carbocycles. The highest BCUT2D eigenvalue weighted by molar-refractivity contribution is 7.47. The predicted molar refractivity (Wildman–Crippen MR) is 229 cm³/mol. The van der Waals surface area contributed by atoms with Gasteiger partial charge in [0.05, 0.1) is 19.8 Å². The molecule has 0 fully saturated rings. The lowest BCUT2D eigenvalue weighted by atomic mass is 10.1. The van der Waals surface area contributed by atoms with Crippen LogP contribution in [0.4, 0.5) is 0 Å². The first kappa shape index (κ1) is 52.5. The molecule has 8 nitrogen and oxygen atoms in total. The van der Waals surface area contributed by atoms with Crippen LogP contribution in [0.1, 0.15) is 194 Å². The average Bonchev–Trinajstić information content (AvgIpc) is 3.16. The number of carbonyl (C=O) groups is 1. The Kier molecular flexibility index (Phi) is 41.4. The Morgan fingerprint density at radius 1 is 0.556 bits per heavy atom. The van der Waals surface area contributed by atoms with E-state index >= 15 is 0 Å². The number of unbranched alkanes of at least 4 members (excludes halogenated alkanes) is 21. The van der Waals surface area contributed by atoms with Crippen molar-refractivity contribution in [2.24, 2.45) is 5.73 Å². The second-order valence-electron chi connectivity index (χ2n) is 14.6. The standard InChI is InChI=1S/C45H84NO7P/c1-3-5-7-9-11-13-15-17-19-21-23-25-27-29-31-33-35-37-40-50-42-44(43-52-54(48,49)51-41-39-46)53-45(47)38-36-34-32-30-28-26-24-22-20-18-16-14-12-10-8-6-4-2/h11-14,17-20,44H,3-10,15-16,21-43,46H2,1-2H3,(H,48,49)/b13-11-,14-12-,19-17-,20-18-. The SMILES string of the molecule is CCCCC/C=C\C/C=C\CCCCCCCCCCOCC(COP(=O)(O)OCCN)OC(=O)CCCCCCCCC/C=C\C/C=C\CCCCC. The van der Waals surface area contributed by atoms with Crippen LogP contribution in [0, 0.1) is 0 Å². The molecule has 2 atom stereocenters. The van der Waals surface area contributed by atoms with Crippen molar-refractivity contribution in [3.8, 4) is 0 Å². The van der Waals surface area contributed by atoms with Crippen LogP contribution in [0.25, 0.3) is 0 Å². The molecule has 3 N–H and O–H groups in total. The van der Waals surface area contributed by atoms with Gasteiger partial charge in [-0.2, -0.15) is 0 Å². The summed E-state index contributed by atoms with van der Waals surface area (Å²) in [6.07, 6.45) is 49.8. The van der Waals surface area contributed by atoms with E-state index < -0.39 is 13.9 Å². The molecule has 54 heavy (non-hydrogen) atoms. The number of rotatable bonds is 42. The topological polar surface area (TPSA) is 117 Å². The number of hydrogen-bond donors (Lipinski definition) is 2. The summed E-state index contributed by atoms with van der Waals surface area (Å²) in [4.78, 5) is 22.5. The lowest BCUT2D eigenvalue weighted by molar-refractivity contribution is -0.154. The minimum Gasteiger partial charge on any atom is -0.457 e. The highest BCUT2D eigenvalue weighted by Gasteiger charge is 2.25. The van der Waals surface area contributed by atoms with Gasteiger partial charge < -0.3 is 20.1 Å². The Bertz CT molecular complexity index is 968. The maximum atomic E-state index is 12.6. The van der Waals surface area contributed by atoms with Crippen LogP contribution in [0.15, 0.2) is 48.6 Å². The van der Waals surface area contributed by atoms with E-state index in [0.29, 0.717) is 13.0 Å². The summed E-state index contributed by atoms with van der Waals surface area (Å²) in [5.41, 5.74) is 5.37. The van der Waals surface area contributed by atoms with Gasteiger partial charge in [0.15, 0.2) is 0 Å². The van der Waals surface area contributed by atoms with E-state index in [1.165, 1.54) is 122 Å². The molecule has 9 heteroatoms. The van der Waals surface area contributed by atoms with Crippen molar-refractivity contribution in [2.45, 2.75) is 200 Å². The molecule has 2 unspecified atom stereocenters. The second kappa shape index (κ2) is 42.6. The number of allylic oxidation sites excluding steroid dienone is 8. The van der Waals surface area contributed by atoms with E-state index in [4.69, 9.17) is 24.3 Å². The monoisotopic (exact) mass is 782 g/mol. The Morgan fingerprint density at radius 3 is 1.44 bits per heavy atom. The predicted octanol–water partition coefficient (Wildman–Crippen LogP) is 13.2. The van der Waals surface area contributed by atoms with Gasteiger partial charge in [-0.3, -0.25) is 13.8 Å². The second-order valence-corrected chi connectivity index (χ2v) is 16.0. The third-order valence-electron chi connectivity index (χ3n) is 9.22. The fourth-order valence-electron chi connectivity index (χ4n) is 5.94. The Balaban J connectivity index is 4.05. The first-order valence-electron chi connectivity index (χ1n) is 22.1. The van der Waals surface area contributed by atoms with Crippen molar-refractivity contribution in [3.63, 3.8) is 0 Å². The van der Waals surface area contributed by atoms with E-state index in [9.17, 15) is 14.3 Å². The van der Waals surface area contributed by atoms with Gasteiger partial charge in [0.25, 0.3) is 0 Å². The van der Waals surface area contributed by atoms with Crippen molar-refractivity contribution in [2.75, 3.05) is 33.0 Å². The molecule has 0 aliphatic heterocycles. The number of hydrogen-bond acceptors (Lipinski definition) is 7. The van der Waals surface area contributed by atoms with Crippen LogP contribution in [0.5, 0.6) is 0 Å². The van der Waals surface area contributed by atoms with E-state index in [0.717, 1.165) is 51.4 Å². The maximum absolute atomic E-state index is 12.6. The zero-order valence-corrected chi connectivity index (χ0v) is 35.8. The summed E-state index contributed by atoms with van der Waals surface area (Å²) in [7, 11) is -4.28. The van der Waals surface area contributed by atoms with Crippen LogP contribution >= 0.6 is 7.82 Å². The molecule has 0 radical (unpaired) electrons. The van der Waals surface area contributed by atoms with Gasteiger partial charge in [0, 0.05) is 19.6 Å². The molecular formula is C45H84NO7P. The lowest BCUT2D eigenvalue weighted by Gasteiger charge is -2.20. The zero-order chi connectivity index (χ0) is 39.5. The molecule has 0 bridgehead atoms. The van der Waals surface area contributed by atoms with Crippen molar-refractivity contribution in [1.82, 2.24) is 0 Å². The van der Waals surface area contributed by atoms with Crippen molar-refractivity contribution >= 4 is 13.8 Å². The maximum Gasteiger partial charge on any atom is 0.472 e. The Morgan fingerprint density at radius 2 is 0.981 bits per heavy atom. The third kappa shape index (κ3) is 41.6. The molecule has 0 saturated carbocycles. The van der Waals surface area contributed by atoms with Gasteiger partial charge in [0.1, 0.15) is 6.10 Å². The molecule has 0 rings (SSSR count). The van der Waals surface area contributed by atoms with Crippen LogP contribution in [-0.4, -0.2) is 49.9 Å². The molecule has 0 aromatic rings. The number of carbonyl (C=O) groups excluding carboxylic acids is 1. The Hall–Kier alpha value is -1.54. The van der Waals surface area contributed by atoms with Gasteiger partial charge in [0.2, 0.25) is 0 Å². The van der Waals surface area contributed by atoms with Crippen molar-refractivity contribution in [3.05, 3.63) is 48.6 Å². The number of esters is 1. The Labute approximate surface area is 332 Å². The molecule has 0 heterocycles. The van der Waals surface area contributed by atoms with Crippen molar-refractivity contribution in [1.29, 1.82) is 0 Å². The number of ether oxygens (including phenoxy) is 2. The van der Waals surface area contributed by atoms with Gasteiger partial charge in [-0.15, -0.1) is 0 Å². The molecule has 0 aliphatic rings. The smallest absolute Gasteiger partial charge is 0.457 e. The normalized spacial score (nSPS) is 13.9. The molecule has 0 spiro atoms. The number of phosphoric acid groups is 1. The number of phosphoric ester groups is 1.